The maximum absolute atomic E-state index is 15.9. The molecule has 0 aliphatic carbocycles. The van der Waals surface area contributed by atoms with Crippen LogP contribution in [0.2, 0.25) is 0 Å². The number of nitrogens with zero attached hydrogens (tertiary/aromatic N) is 1. The summed E-state index contributed by atoms with van der Waals surface area (Å²) in [6, 6.07) is 47.2. The van der Waals surface area contributed by atoms with Gasteiger partial charge in [0.15, 0.2) is 7.14 Å². The second-order valence-corrected chi connectivity index (χ2v) is 12.2. The Morgan fingerprint density at radius 1 is 0.474 bits per heavy atom. The van der Waals surface area contributed by atoms with Crippen LogP contribution >= 0.6 is 7.14 Å². The van der Waals surface area contributed by atoms with E-state index in [1.165, 1.54) is 0 Å². The lowest BCUT2D eigenvalue weighted by molar-refractivity contribution is 0.593. The summed E-state index contributed by atoms with van der Waals surface area (Å²) >= 11 is 0. The van der Waals surface area contributed by atoms with Gasteiger partial charge in [-0.15, -0.1) is 0 Å². The van der Waals surface area contributed by atoms with E-state index in [4.69, 9.17) is 4.98 Å². The number of hydrogen-bond acceptors (Lipinski definition) is 2. The van der Waals surface area contributed by atoms with Gasteiger partial charge < -0.3 is 4.57 Å². The summed E-state index contributed by atoms with van der Waals surface area (Å²) < 4.78 is 15.9. The van der Waals surface area contributed by atoms with Crippen LogP contribution in [0.15, 0.2) is 146 Å². The Morgan fingerprint density at radius 3 is 1.61 bits per heavy atom. The summed E-state index contributed by atoms with van der Waals surface area (Å²) in [4.78, 5) is 4.76. The Labute approximate surface area is 221 Å². The van der Waals surface area contributed by atoms with Crippen LogP contribution in [0.5, 0.6) is 0 Å². The number of hydrogen-bond donors (Lipinski definition) is 0. The maximum atomic E-state index is 15.9. The summed E-state index contributed by atoms with van der Waals surface area (Å²) in [7, 11) is -3.30. The molecule has 0 spiro atoms. The molecule has 1 aromatic heterocycles. The van der Waals surface area contributed by atoms with Crippen LogP contribution in [-0.2, 0) is 4.57 Å². The van der Waals surface area contributed by atoms with E-state index in [0.29, 0.717) is 0 Å². The number of aromatic nitrogens is 1. The molecule has 0 unspecified atom stereocenters. The third-order valence-electron chi connectivity index (χ3n) is 7.37. The molecule has 7 aromatic rings. The molecule has 0 atom stereocenters. The van der Waals surface area contributed by atoms with Crippen molar-refractivity contribution < 1.29 is 4.57 Å². The molecule has 2 nitrogen and oxygen atoms in total. The topological polar surface area (TPSA) is 30.0 Å². The highest BCUT2D eigenvalue weighted by Crippen LogP contribution is 2.47. The summed E-state index contributed by atoms with van der Waals surface area (Å²) in [5, 5.41) is 8.92. The van der Waals surface area contributed by atoms with Crippen molar-refractivity contribution in [2.75, 3.05) is 0 Å². The lowest BCUT2D eigenvalue weighted by Gasteiger charge is -2.24. The largest absolute Gasteiger partial charge is 0.309 e. The van der Waals surface area contributed by atoms with Gasteiger partial charge in [-0.1, -0.05) is 127 Å². The average molecular weight is 506 g/mol. The molecule has 0 N–H and O–H groups in total. The van der Waals surface area contributed by atoms with Gasteiger partial charge in [0.2, 0.25) is 0 Å². The Bertz CT molecular complexity index is 1930. The minimum Gasteiger partial charge on any atom is -0.309 e. The fourth-order valence-electron chi connectivity index (χ4n) is 5.57. The molecule has 0 fully saturated rings. The van der Waals surface area contributed by atoms with E-state index in [1.54, 1.807) is 0 Å². The fourth-order valence-corrected chi connectivity index (χ4v) is 8.68. The number of fused-ring (bicyclic) bond motifs is 3. The molecule has 0 bridgehead atoms. The van der Waals surface area contributed by atoms with Gasteiger partial charge in [0, 0.05) is 33.1 Å². The van der Waals surface area contributed by atoms with Crippen LogP contribution in [0.1, 0.15) is 0 Å². The van der Waals surface area contributed by atoms with Gasteiger partial charge in [0.05, 0.1) is 5.69 Å². The van der Waals surface area contributed by atoms with E-state index in [1.807, 2.05) is 85.1 Å². The lowest BCUT2D eigenvalue weighted by atomic mass is 10.0. The zero-order valence-electron chi connectivity index (χ0n) is 20.7. The molecule has 0 saturated heterocycles. The van der Waals surface area contributed by atoms with Gasteiger partial charge in [0.1, 0.15) is 0 Å². The average Bonchev–Trinajstić information content (AvgIpc) is 3.00. The molecule has 0 radical (unpaired) electrons. The van der Waals surface area contributed by atoms with Crippen molar-refractivity contribution in [3.05, 3.63) is 146 Å². The Morgan fingerprint density at radius 2 is 0.974 bits per heavy atom. The zero-order valence-corrected chi connectivity index (χ0v) is 21.6. The highest BCUT2D eigenvalue weighted by Gasteiger charge is 2.33. The predicted octanol–water partition coefficient (Wildman–Crippen LogP) is 7.85. The summed E-state index contributed by atoms with van der Waals surface area (Å²) in [6.45, 7) is 0. The Kier molecular flexibility index (Phi) is 5.43. The van der Waals surface area contributed by atoms with Crippen molar-refractivity contribution in [1.82, 2.24) is 4.98 Å². The third-order valence-corrected chi connectivity index (χ3v) is 10.5. The molecule has 180 valence electrons. The van der Waals surface area contributed by atoms with Crippen LogP contribution in [0, 0.1) is 0 Å². The van der Waals surface area contributed by atoms with E-state index >= 15 is 4.57 Å². The summed E-state index contributed by atoms with van der Waals surface area (Å²) in [6.07, 6.45) is 1.85. The first kappa shape index (κ1) is 22.7. The first-order chi connectivity index (χ1) is 18.7. The molecule has 38 heavy (non-hydrogen) atoms. The van der Waals surface area contributed by atoms with Crippen molar-refractivity contribution in [3.63, 3.8) is 0 Å². The molecule has 0 saturated carbocycles. The number of pyridine rings is 1. The molecule has 1 heterocycles. The normalized spacial score (nSPS) is 11.8. The van der Waals surface area contributed by atoms with E-state index in [0.717, 1.165) is 59.5 Å². The van der Waals surface area contributed by atoms with Gasteiger partial charge >= 0.3 is 0 Å². The van der Waals surface area contributed by atoms with Crippen molar-refractivity contribution in [1.29, 1.82) is 0 Å². The first-order valence-electron chi connectivity index (χ1n) is 12.7. The highest BCUT2D eigenvalue weighted by atomic mass is 31.2. The quantitative estimate of drug-likeness (QED) is 0.228. The summed E-state index contributed by atoms with van der Waals surface area (Å²) in [5.74, 6) is 0. The second-order valence-electron chi connectivity index (χ2n) is 9.54. The van der Waals surface area contributed by atoms with Gasteiger partial charge in [-0.05, 0) is 39.1 Å². The van der Waals surface area contributed by atoms with Gasteiger partial charge in [-0.2, -0.15) is 0 Å². The maximum Gasteiger partial charge on any atom is 0.172 e. The van der Waals surface area contributed by atoms with Crippen LogP contribution < -0.4 is 15.9 Å². The van der Waals surface area contributed by atoms with Gasteiger partial charge in [0.25, 0.3) is 0 Å². The molecular weight excluding hydrogens is 481 g/mol. The van der Waals surface area contributed by atoms with E-state index in [-0.39, 0.29) is 0 Å². The number of benzene rings is 6. The SMILES string of the molecule is O=P(c1cccc(-c2nccc3ccccc23)c1)(c1cccc2ccccc12)c1cccc2ccccc12. The Hall–Kier alpha value is -4.52. The molecule has 6 aromatic carbocycles. The van der Waals surface area contributed by atoms with Crippen molar-refractivity contribution >= 4 is 55.4 Å². The predicted molar refractivity (Wildman–Crippen MR) is 162 cm³/mol. The first-order valence-corrected chi connectivity index (χ1v) is 14.5. The molecule has 0 aliphatic rings. The van der Waals surface area contributed by atoms with Crippen molar-refractivity contribution in [3.8, 4) is 11.3 Å². The highest BCUT2D eigenvalue weighted by molar-refractivity contribution is 7.86. The standard InChI is InChI=1S/C35H24NOP/c37-38(33-20-8-13-25-10-1-4-17-30(25)33,34-21-9-14-26-11-2-5-18-31(26)34)29-16-7-15-28(24-29)35-32-19-6-3-12-27(32)22-23-36-35/h1-24H. The third kappa shape index (κ3) is 3.57. The van der Waals surface area contributed by atoms with Gasteiger partial charge in [-0.25, -0.2) is 0 Å². The van der Waals surface area contributed by atoms with Crippen molar-refractivity contribution in [2.24, 2.45) is 0 Å². The van der Waals surface area contributed by atoms with Crippen LogP contribution in [0.25, 0.3) is 43.6 Å². The fraction of sp³-hybridized carbons (Fsp3) is 0. The lowest BCUT2D eigenvalue weighted by Crippen LogP contribution is -2.26. The van der Waals surface area contributed by atoms with Crippen LogP contribution in [0.3, 0.4) is 0 Å². The minimum absolute atomic E-state index is 0.803. The van der Waals surface area contributed by atoms with Crippen LogP contribution in [0.4, 0.5) is 0 Å². The molecule has 7 rings (SSSR count). The monoisotopic (exact) mass is 505 g/mol. The van der Waals surface area contributed by atoms with E-state index < -0.39 is 7.14 Å². The Balaban J connectivity index is 1.56. The summed E-state index contributed by atoms with van der Waals surface area (Å²) in [5.41, 5.74) is 1.85. The molecule has 0 amide bonds. The zero-order chi connectivity index (χ0) is 25.5. The number of rotatable bonds is 4. The second kappa shape index (κ2) is 9.10. The van der Waals surface area contributed by atoms with Gasteiger partial charge in [-0.3, -0.25) is 4.98 Å². The molecule has 0 aliphatic heterocycles. The van der Waals surface area contributed by atoms with E-state index in [9.17, 15) is 0 Å². The molecular formula is C35H24NOP. The molecule has 3 heteroatoms. The smallest absolute Gasteiger partial charge is 0.172 e. The minimum atomic E-state index is -3.30. The van der Waals surface area contributed by atoms with Crippen LogP contribution in [-0.4, -0.2) is 4.98 Å². The van der Waals surface area contributed by atoms with E-state index in [2.05, 4.69) is 60.7 Å². The van der Waals surface area contributed by atoms with Crippen molar-refractivity contribution in [2.45, 2.75) is 0 Å².